The number of aryl methyl sites for hydroxylation is 2. The van der Waals surface area contributed by atoms with Gasteiger partial charge in [-0.1, -0.05) is 11.6 Å². The van der Waals surface area contributed by atoms with E-state index in [-0.39, 0.29) is 17.2 Å². The Labute approximate surface area is 182 Å². The van der Waals surface area contributed by atoms with Crippen molar-refractivity contribution in [3.8, 4) is 0 Å². The lowest BCUT2D eigenvalue weighted by molar-refractivity contribution is 0.0657. The molecule has 1 aliphatic heterocycles. The third kappa shape index (κ3) is 4.85. The smallest absolute Gasteiger partial charge is 0.252 e. The van der Waals surface area contributed by atoms with Gasteiger partial charge in [-0.3, -0.25) is 9.69 Å². The minimum Gasteiger partial charge on any atom is -0.377 e. The molecule has 31 heavy (non-hydrogen) atoms. The second-order valence-electron chi connectivity index (χ2n) is 9.65. The molecule has 0 radical (unpaired) electrons. The first-order valence-corrected chi connectivity index (χ1v) is 11.0. The average Bonchev–Trinajstić information content (AvgIpc) is 3.34. The molecule has 8 nitrogen and oxygen atoms in total. The predicted octanol–water partition coefficient (Wildman–Crippen LogP) is 3.07. The summed E-state index contributed by atoms with van der Waals surface area (Å²) in [6, 6.07) is 6.23. The van der Waals surface area contributed by atoms with E-state index in [1.54, 1.807) is 0 Å². The highest BCUT2D eigenvalue weighted by molar-refractivity contribution is 5.82. The third-order valence-corrected chi connectivity index (χ3v) is 5.78. The van der Waals surface area contributed by atoms with Crippen molar-refractivity contribution < 1.29 is 4.74 Å². The van der Waals surface area contributed by atoms with Crippen molar-refractivity contribution in [1.29, 1.82) is 0 Å². The summed E-state index contributed by atoms with van der Waals surface area (Å²) in [5, 5.41) is 13.4. The number of rotatable bonds is 6. The van der Waals surface area contributed by atoms with Crippen LogP contribution in [0.5, 0.6) is 0 Å². The molecule has 0 unspecified atom stereocenters. The van der Waals surface area contributed by atoms with Gasteiger partial charge in [-0.05, 0) is 81.0 Å². The zero-order valence-electron chi connectivity index (χ0n) is 19.1. The van der Waals surface area contributed by atoms with E-state index in [1.165, 1.54) is 5.56 Å². The Morgan fingerprint density at radius 2 is 2.03 bits per heavy atom. The number of aromatic amines is 1. The zero-order valence-corrected chi connectivity index (χ0v) is 19.1. The molecule has 0 bridgehead atoms. The van der Waals surface area contributed by atoms with Crippen LogP contribution in [0.15, 0.2) is 23.0 Å². The van der Waals surface area contributed by atoms with Crippen molar-refractivity contribution in [1.82, 2.24) is 30.1 Å². The van der Waals surface area contributed by atoms with Gasteiger partial charge in [-0.15, -0.1) is 5.10 Å². The molecule has 1 saturated heterocycles. The van der Waals surface area contributed by atoms with Crippen LogP contribution >= 0.6 is 0 Å². The van der Waals surface area contributed by atoms with Crippen LogP contribution in [-0.4, -0.2) is 49.3 Å². The van der Waals surface area contributed by atoms with Crippen LogP contribution < -0.4 is 5.56 Å². The third-order valence-electron chi connectivity index (χ3n) is 5.78. The largest absolute Gasteiger partial charge is 0.377 e. The Morgan fingerprint density at radius 1 is 1.23 bits per heavy atom. The molecular weight excluding hydrogens is 392 g/mol. The Morgan fingerprint density at radius 3 is 2.74 bits per heavy atom. The second-order valence-corrected chi connectivity index (χ2v) is 9.65. The molecule has 1 atom stereocenters. The first-order chi connectivity index (χ1) is 14.7. The van der Waals surface area contributed by atoms with Gasteiger partial charge in [0.05, 0.1) is 23.7 Å². The molecule has 0 amide bonds. The molecule has 4 rings (SSSR count). The van der Waals surface area contributed by atoms with Gasteiger partial charge in [0.2, 0.25) is 0 Å². The van der Waals surface area contributed by atoms with Crippen LogP contribution in [0.25, 0.3) is 10.9 Å². The fraction of sp³-hybridized carbons (Fsp3) is 0.565. The molecule has 8 heteroatoms. The molecule has 3 aromatic rings. The molecule has 3 heterocycles. The van der Waals surface area contributed by atoms with Crippen LogP contribution in [0.4, 0.5) is 0 Å². The van der Waals surface area contributed by atoms with E-state index >= 15 is 0 Å². The molecule has 2 aromatic heterocycles. The lowest BCUT2D eigenvalue weighted by Gasteiger charge is -2.26. The number of hydrogen-bond acceptors (Lipinski definition) is 6. The lowest BCUT2D eigenvalue weighted by atomic mass is 10.0. The maximum absolute atomic E-state index is 12.9. The van der Waals surface area contributed by atoms with Crippen LogP contribution in [0.1, 0.15) is 56.1 Å². The first kappa shape index (κ1) is 21.6. The molecular formula is C23H32N6O2. The summed E-state index contributed by atoms with van der Waals surface area (Å²) in [5.41, 5.74) is 3.64. The molecule has 1 aliphatic rings. The quantitative estimate of drug-likeness (QED) is 0.654. The molecule has 166 valence electrons. The van der Waals surface area contributed by atoms with E-state index in [0.29, 0.717) is 13.1 Å². The minimum absolute atomic E-state index is 0.0489. The van der Waals surface area contributed by atoms with E-state index in [4.69, 9.17) is 4.74 Å². The van der Waals surface area contributed by atoms with Crippen molar-refractivity contribution in [3.05, 3.63) is 51.1 Å². The normalized spacial score (nSPS) is 17.2. The molecule has 0 aliphatic carbocycles. The summed E-state index contributed by atoms with van der Waals surface area (Å²) in [4.78, 5) is 18.2. The average molecular weight is 425 g/mol. The number of nitrogens with one attached hydrogen (secondary N) is 1. The summed E-state index contributed by atoms with van der Waals surface area (Å²) in [6.07, 6.45) is 2.28. The number of aromatic nitrogens is 5. The highest BCUT2D eigenvalue weighted by Gasteiger charge is 2.25. The van der Waals surface area contributed by atoms with Gasteiger partial charge < -0.3 is 9.72 Å². The van der Waals surface area contributed by atoms with Crippen LogP contribution in [-0.2, 0) is 23.4 Å². The molecule has 0 spiro atoms. The summed E-state index contributed by atoms with van der Waals surface area (Å²) in [7, 11) is 0. The number of nitrogens with zero attached hydrogens (tertiary/aromatic N) is 5. The molecule has 1 fully saturated rings. The van der Waals surface area contributed by atoms with Gasteiger partial charge in [-0.25, -0.2) is 4.68 Å². The maximum Gasteiger partial charge on any atom is 0.252 e. The van der Waals surface area contributed by atoms with Crippen molar-refractivity contribution in [2.45, 2.75) is 72.2 Å². The number of pyridine rings is 1. The van der Waals surface area contributed by atoms with Crippen LogP contribution in [0.2, 0.25) is 0 Å². The number of H-pyrrole nitrogens is 1. The number of fused-ring (bicyclic) bond motifs is 1. The summed E-state index contributed by atoms with van der Waals surface area (Å²) < 4.78 is 7.74. The Kier molecular flexibility index (Phi) is 5.94. The van der Waals surface area contributed by atoms with Gasteiger partial charge in [0.15, 0.2) is 5.82 Å². The lowest BCUT2D eigenvalue weighted by Crippen LogP contribution is -2.35. The van der Waals surface area contributed by atoms with Crippen molar-refractivity contribution in [3.63, 3.8) is 0 Å². The van der Waals surface area contributed by atoms with E-state index in [9.17, 15) is 4.79 Å². The van der Waals surface area contributed by atoms with E-state index < -0.39 is 0 Å². The topological polar surface area (TPSA) is 88.9 Å². The number of ether oxygens (including phenoxy) is 1. The fourth-order valence-corrected chi connectivity index (χ4v) is 4.38. The van der Waals surface area contributed by atoms with Gasteiger partial charge in [0.1, 0.15) is 0 Å². The van der Waals surface area contributed by atoms with Crippen LogP contribution in [0.3, 0.4) is 0 Å². The first-order valence-electron chi connectivity index (χ1n) is 11.0. The van der Waals surface area contributed by atoms with Crippen molar-refractivity contribution in [2.75, 3.05) is 13.2 Å². The van der Waals surface area contributed by atoms with E-state index in [0.717, 1.165) is 53.8 Å². The highest BCUT2D eigenvalue weighted by atomic mass is 16.5. The highest BCUT2D eigenvalue weighted by Crippen LogP contribution is 2.21. The number of hydrogen-bond donors (Lipinski definition) is 1. The van der Waals surface area contributed by atoms with Gasteiger partial charge >= 0.3 is 0 Å². The number of tetrazole rings is 1. The summed E-state index contributed by atoms with van der Waals surface area (Å²) >= 11 is 0. The second kappa shape index (κ2) is 8.51. The monoisotopic (exact) mass is 424 g/mol. The van der Waals surface area contributed by atoms with Crippen molar-refractivity contribution in [2.24, 2.45) is 0 Å². The number of benzene rings is 1. The van der Waals surface area contributed by atoms with E-state index in [1.807, 2.05) is 17.7 Å². The Hall–Kier alpha value is -2.58. The van der Waals surface area contributed by atoms with Gasteiger partial charge in [0.25, 0.3) is 5.56 Å². The van der Waals surface area contributed by atoms with Crippen LogP contribution in [0, 0.1) is 13.8 Å². The molecule has 1 N–H and O–H groups in total. The standard InChI is InChI=1S/C23H32N6O2/c1-15-9-16(2)21-17(10-15)11-18(22(30)24-21)12-28(13-19-7-6-8-31-19)14-20-25-26-27-29(20)23(3,4)5/h9-11,19H,6-8,12-14H2,1-5H3,(H,24,30)/t19-/m1/s1. The van der Waals surface area contributed by atoms with Gasteiger partial charge in [-0.2, -0.15) is 0 Å². The van der Waals surface area contributed by atoms with Gasteiger partial charge in [0, 0.05) is 25.3 Å². The Bertz CT molecular complexity index is 1120. The summed E-state index contributed by atoms with van der Waals surface area (Å²) in [5.74, 6) is 0.786. The molecule has 0 saturated carbocycles. The van der Waals surface area contributed by atoms with E-state index in [2.05, 4.69) is 65.2 Å². The Balaban J connectivity index is 1.65. The predicted molar refractivity (Wildman–Crippen MR) is 120 cm³/mol. The summed E-state index contributed by atoms with van der Waals surface area (Å²) in [6.45, 7) is 12.9. The fourth-order valence-electron chi connectivity index (χ4n) is 4.38. The minimum atomic E-state index is -0.218. The maximum atomic E-state index is 12.9. The van der Waals surface area contributed by atoms with Crippen molar-refractivity contribution >= 4 is 10.9 Å². The zero-order chi connectivity index (χ0) is 22.2. The SMILES string of the molecule is Cc1cc(C)c2[nH]c(=O)c(CN(Cc3nnnn3C(C)(C)C)C[C@H]3CCCO3)cc2c1. The molecule has 1 aromatic carbocycles.